The number of halogens is 2. The Morgan fingerprint density at radius 3 is 1.38 bits per heavy atom. The highest BCUT2D eigenvalue weighted by molar-refractivity contribution is 5.96. The Balaban J connectivity index is 0.000000177. The first kappa shape index (κ1) is 38.1. The van der Waals surface area contributed by atoms with Crippen LogP contribution in [0.25, 0.3) is 44.3 Å². The number of benzene rings is 2. The summed E-state index contributed by atoms with van der Waals surface area (Å²) < 4.78 is 27.4. The van der Waals surface area contributed by atoms with Gasteiger partial charge >= 0.3 is 0 Å². The highest BCUT2D eigenvalue weighted by Crippen LogP contribution is 2.36. The minimum Gasteiger partial charge on any atom is -0.382 e. The van der Waals surface area contributed by atoms with Gasteiger partial charge in [0.15, 0.2) is 0 Å². The molecule has 0 radical (unpaired) electrons. The molecule has 0 saturated carbocycles. The summed E-state index contributed by atoms with van der Waals surface area (Å²) >= 11 is 0. The standard InChI is InChI=1S/2C21H16FN7/c2*1-12(29-21-15(9-23)20(24)27-11-28-21)16-10-26-18-8-13(22)5-6-14(18)19(16)17-4-2-3-7-25-17/h2*2-8,10-12H,1H3,(H3,24,27,28,29)/t2*12-/m10/s1. The van der Waals surface area contributed by atoms with Crippen LogP contribution in [0.1, 0.15) is 48.2 Å². The Bertz CT molecular complexity index is 2670. The molecule has 0 aliphatic carbocycles. The van der Waals surface area contributed by atoms with Crippen LogP contribution in [0.3, 0.4) is 0 Å². The summed E-state index contributed by atoms with van der Waals surface area (Å²) in [5, 5.41) is 26.7. The van der Waals surface area contributed by atoms with E-state index in [0.717, 1.165) is 44.4 Å². The molecule has 16 heteroatoms. The fourth-order valence-corrected chi connectivity index (χ4v) is 6.42. The monoisotopic (exact) mass is 770 g/mol. The first-order chi connectivity index (χ1) is 28.2. The number of hydrogen-bond acceptors (Lipinski definition) is 14. The fourth-order valence-electron chi connectivity index (χ4n) is 6.42. The largest absolute Gasteiger partial charge is 0.382 e. The normalized spacial score (nSPS) is 11.8. The van der Waals surface area contributed by atoms with E-state index >= 15 is 0 Å². The van der Waals surface area contributed by atoms with Crippen molar-refractivity contribution >= 4 is 45.1 Å². The Morgan fingerprint density at radius 2 is 1.00 bits per heavy atom. The number of nitrogen functional groups attached to an aromatic ring is 2. The fraction of sp³-hybridized carbons (Fsp3) is 0.0952. The van der Waals surface area contributed by atoms with Gasteiger partial charge in [0.25, 0.3) is 0 Å². The lowest BCUT2D eigenvalue weighted by molar-refractivity contribution is 0.629. The number of nitrogens with zero attached hydrogens (tertiary/aromatic N) is 10. The summed E-state index contributed by atoms with van der Waals surface area (Å²) in [6, 6.07) is 23.6. The molecule has 0 unspecified atom stereocenters. The molecule has 2 atom stereocenters. The number of hydrogen-bond donors (Lipinski definition) is 4. The molecule has 0 aliphatic rings. The van der Waals surface area contributed by atoms with E-state index in [2.05, 4.69) is 50.5 Å². The van der Waals surface area contributed by atoms with Gasteiger partial charge in [-0.15, -0.1) is 0 Å². The van der Waals surface area contributed by atoms with E-state index in [0.29, 0.717) is 22.7 Å². The van der Waals surface area contributed by atoms with Gasteiger partial charge in [-0.3, -0.25) is 19.9 Å². The first-order valence-corrected chi connectivity index (χ1v) is 17.7. The third-order valence-electron chi connectivity index (χ3n) is 9.18. The van der Waals surface area contributed by atoms with Crippen molar-refractivity contribution in [3.8, 4) is 34.7 Å². The van der Waals surface area contributed by atoms with Crippen LogP contribution in [0.2, 0.25) is 0 Å². The maximum absolute atomic E-state index is 13.7. The summed E-state index contributed by atoms with van der Waals surface area (Å²) in [4.78, 5) is 33.8. The average molecular weight is 771 g/mol. The second kappa shape index (κ2) is 16.6. The van der Waals surface area contributed by atoms with Gasteiger partial charge in [0.2, 0.25) is 0 Å². The summed E-state index contributed by atoms with van der Waals surface area (Å²) in [7, 11) is 0. The lowest BCUT2D eigenvalue weighted by Gasteiger charge is -2.20. The number of aromatic nitrogens is 8. The molecule has 6 aromatic heterocycles. The van der Waals surface area contributed by atoms with E-state index in [1.54, 1.807) is 36.9 Å². The molecule has 0 aliphatic heterocycles. The number of fused-ring (bicyclic) bond motifs is 2. The third kappa shape index (κ3) is 7.79. The molecule has 8 aromatic rings. The van der Waals surface area contributed by atoms with E-state index in [1.165, 1.54) is 36.9 Å². The summed E-state index contributed by atoms with van der Waals surface area (Å²) in [6.45, 7) is 3.83. The van der Waals surface area contributed by atoms with Crippen LogP contribution in [0.4, 0.5) is 32.1 Å². The molecule has 58 heavy (non-hydrogen) atoms. The molecular formula is C42H32F2N14. The predicted molar refractivity (Wildman–Crippen MR) is 216 cm³/mol. The van der Waals surface area contributed by atoms with E-state index in [4.69, 9.17) is 11.5 Å². The molecule has 284 valence electrons. The van der Waals surface area contributed by atoms with Gasteiger partial charge in [-0.1, -0.05) is 12.1 Å². The topological polar surface area (TPSA) is 227 Å². The lowest BCUT2D eigenvalue weighted by Crippen LogP contribution is -2.13. The lowest BCUT2D eigenvalue weighted by atomic mass is 9.96. The van der Waals surface area contributed by atoms with Gasteiger partial charge in [0.05, 0.1) is 34.5 Å². The number of rotatable bonds is 8. The summed E-state index contributed by atoms with van der Waals surface area (Å²) in [5.41, 5.74) is 17.8. The molecule has 0 saturated heterocycles. The molecule has 2 aromatic carbocycles. The van der Waals surface area contributed by atoms with Crippen molar-refractivity contribution in [2.24, 2.45) is 0 Å². The minimum atomic E-state index is -0.356. The zero-order valence-electron chi connectivity index (χ0n) is 30.9. The first-order valence-electron chi connectivity index (χ1n) is 17.7. The van der Waals surface area contributed by atoms with E-state index < -0.39 is 0 Å². The average Bonchev–Trinajstić information content (AvgIpc) is 3.23. The number of nitrogens with one attached hydrogen (secondary N) is 2. The molecule has 14 nitrogen and oxygen atoms in total. The number of nitriles is 2. The minimum absolute atomic E-state index is 0.106. The molecule has 0 spiro atoms. The smallest absolute Gasteiger partial charge is 0.150 e. The zero-order valence-corrected chi connectivity index (χ0v) is 30.9. The Morgan fingerprint density at radius 1 is 0.569 bits per heavy atom. The maximum Gasteiger partial charge on any atom is 0.150 e. The third-order valence-corrected chi connectivity index (χ3v) is 9.18. The van der Waals surface area contributed by atoms with Gasteiger partial charge < -0.3 is 22.1 Å². The van der Waals surface area contributed by atoms with Gasteiger partial charge in [-0.25, -0.2) is 28.7 Å². The molecule has 6 heterocycles. The second-order valence-electron chi connectivity index (χ2n) is 12.9. The van der Waals surface area contributed by atoms with Crippen molar-refractivity contribution in [1.29, 1.82) is 10.5 Å². The quantitative estimate of drug-likeness (QED) is 0.116. The Kier molecular flexibility index (Phi) is 10.9. The summed E-state index contributed by atoms with van der Waals surface area (Å²) in [5.74, 6) is 0.165. The van der Waals surface area contributed by atoms with Crippen LogP contribution < -0.4 is 22.1 Å². The van der Waals surface area contributed by atoms with Gasteiger partial charge in [0, 0.05) is 69.9 Å². The number of nitrogens with two attached hydrogens (primary N) is 2. The van der Waals surface area contributed by atoms with Crippen LogP contribution in [0.15, 0.2) is 110 Å². The highest BCUT2D eigenvalue weighted by Gasteiger charge is 2.21. The van der Waals surface area contributed by atoms with Crippen LogP contribution in [0.5, 0.6) is 0 Å². The van der Waals surface area contributed by atoms with Crippen LogP contribution in [0, 0.1) is 34.3 Å². The van der Waals surface area contributed by atoms with Crippen molar-refractivity contribution < 1.29 is 8.78 Å². The van der Waals surface area contributed by atoms with Crippen LogP contribution >= 0.6 is 0 Å². The van der Waals surface area contributed by atoms with Crippen molar-refractivity contribution in [3.05, 3.63) is 144 Å². The highest BCUT2D eigenvalue weighted by atomic mass is 19.1. The van der Waals surface area contributed by atoms with Crippen molar-refractivity contribution in [3.63, 3.8) is 0 Å². The molecule has 0 amide bonds. The van der Waals surface area contributed by atoms with E-state index in [1.807, 2.05) is 62.4 Å². The maximum atomic E-state index is 13.7. The van der Waals surface area contributed by atoms with Crippen molar-refractivity contribution in [2.75, 3.05) is 22.1 Å². The number of pyridine rings is 4. The molecule has 0 bridgehead atoms. The van der Waals surface area contributed by atoms with Crippen LogP contribution in [-0.2, 0) is 0 Å². The summed E-state index contributed by atoms with van der Waals surface area (Å²) in [6.07, 6.45) is 9.36. The van der Waals surface area contributed by atoms with Gasteiger partial charge in [-0.2, -0.15) is 10.5 Å². The Labute approximate surface area is 330 Å². The second-order valence-corrected chi connectivity index (χ2v) is 12.9. The number of anilines is 4. The Hall–Kier alpha value is -8.24. The molecule has 0 fully saturated rings. The SMILES string of the molecule is C[C@@H](Nc1ncnc(N)c1C#N)c1cnc2cc(F)ccc2c1-c1ccccn1.C[C@H](Nc1ncnc(N)c1C#N)c1cnc2cc(F)ccc2c1-c1ccccn1. The van der Waals surface area contributed by atoms with Crippen molar-refractivity contribution in [2.45, 2.75) is 25.9 Å². The van der Waals surface area contributed by atoms with Gasteiger partial charge in [-0.05, 0) is 62.4 Å². The molecule has 6 N–H and O–H groups in total. The zero-order chi connectivity index (χ0) is 40.8. The predicted octanol–water partition coefficient (Wildman–Crippen LogP) is 7.71. The van der Waals surface area contributed by atoms with Gasteiger partial charge in [0.1, 0.15) is 70.8 Å². The van der Waals surface area contributed by atoms with Crippen LogP contribution in [-0.4, -0.2) is 39.9 Å². The van der Waals surface area contributed by atoms with E-state index in [-0.39, 0.29) is 46.5 Å². The van der Waals surface area contributed by atoms with E-state index in [9.17, 15) is 19.3 Å². The molecule has 8 rings (SSSR count). The molecular weight excluding hydrogens is 739 g/mol. The van der Waals surface area contributed by atoms with Crippen molar-refractivity contribution in [1.82, 2.24) is 39.9 Å².